The van der Waals surface area contributed by atoms with E-state index in [2.05, 4.69) is 19.9 Å². The second kappa shape index (κ2) is 5.97. The Balaban J connectivity index is 1.49. The first-order valence-electron chi connectivity index (χ1n) is 7.40. The fraction of sp³-hybridized carbons (Fsp3) is 0.133. The van der Waals surface area contributed by atoms with Gasteiger partial charge in [-0.2, -0.15) is 5.10 Å². The molecule has 25 heavy (non-hydrogen) atoms. The number of amides is 1. The summed E-state index contributed by atoms with van der Waals surface area (Å²) in [5.74, 6) is 0.345. The highest BCUT2D eigenvalue weighted by atomic mass is 32.2. The van der Waals surface area contributed by atoms with Crippen LogP contribution < -0.4 is 5.32 Å². The van der Waals surface area contributed by atoms with Gasteiger partial charge in [-0.25, -0.2) is 8.42 Å². The number of carbonyl (C=O) groups excluding carboxylic acids is 1. The van der Waals surface area contributed by atoms with Gasteiger partial charge in [0.15, 0.2) is 5.82 Å². The van der Waals surface area contributed by atoms with Crippen LogP contribution in [-0.4, -0.2) is 47.6 Å². The zero-order valence-corrected chi connectivity index (χ0v) is 14.5. The molecule has 8 nitrogen and oxygen atoms in total. The summed E-state index contributed by atoms with van der Waals surface area (Å²) in [5, 5.41) is 11.7. The van der Waals surface area contributed by atoms with Crippen molar-refractivity contribution in [2.24, 2.45) is 4.40 Å². The minimum atomic E-state index is -3.41. The molecule has 2 aromatic heterocycles. The van der Waals surface area contributed by atoms with Crippen molar-refractivity contribution in [1.29, 1.82) is 0 Å². The van der Waals surface area contributed by atoms with Gasteiger partial charge in [-0.05, 0) is 23.6 Å². The van der Waals surface area contributed by atoms with Crippen LogP contribution in [0.4, 0.5) is 5.82 Å². The lowest BCUT2D eigenvalue weighted by molar-refractivity contribution is -0.112. The number of fused-ring (bicyclic) bond motifs is 1. The number of anilines is 1. The first-order chi connectivity index (χ1) is 12.0. The van der Waals surface area contributed by atoms with Crippen molar-refractivity contribution in [3.8, 4) is 10.6 Å². The summed E-state index contributed by atoms with van der Waals surface area (Å²) in [5.41, 5.74) is 1.23. The highest BCUT2D eigenvalue weighted by Gasteiger charge is 2.25. The molecule has 2 aliphatic heterocycles. The molecular formula is C15H13N5O3S2. The molecule has 4 heterocycles. The summed E-state index contributed by atoms with van der Waals surface area (Å²) in [6.45, 7) is 0.271. The van der Waals surface area contributed by atoms with Gasteiger partial charge in [0, 0.05) is 18.8 Å². The maximum absolute atomic E-state index is 12.4. The molecule has 1 amide bonds. The Labute approximate surface area is 147 Å². The minimum absolute atomic E-state index is 0.0702. The van der Waals surface area contributed by atoms with Gasteiger partial charge >= 0.3 is 0 Å². The van der Waals surface area contributed by atoms with Gasteiger partial charge in [-0.15, -0.1) is 15.7 Å². The van der Waals surface area contributed by atoms with Crippen molar-refractivity contribution in [1.82, 2.24) is 15.1 Å². The van der Waals surface area contributed by atoms with Crippen LogP contribution in [-0.2, 0) is 14.8 Å². The van der Waals surface area contributed by atoms with Crippen LogP contribution in [0.25, 0.3) is 10.6 Å². The van der Waals surface area contributed by atoms with Crippen molar-refractivity contribution < 1.29 is 13.2 Å². The average molecular weight is 375 g/mol. The normalized spacial score (nSPS) is 18.3. The molecule has 128 valence electrons. The van der Waals surface area contributed by atoms with Crippen LogP contribution in [0.5, 0.6) is 0 Å². The summed E-state index contributed by atoms with van der Waals surface area (Å²) < 4.78 is 26.7. The summed E-state index contributed by atoms with van der Waals surface area (Å²) >= 11 is 1.57. The maximum Gasteiger partial charge on any atom is 0.258 e. The summed E-state index contributed by atoms with van der Waals surface area (Å²) in [4.78, 5) is 15.1. The number of aromatic amines is 1. The topological polar surface area (TPSA) is 108 Å². The smallest absolute Gasteiger partial charge is 0.258 e. The molecule has 0 unspecified atom stereocenters. The van der Waals surface area contributed by atoms with Crippen molar-refractivity contribution in [2.75, 3.05) is 17.6 Å². The first kappa shape index (κ1) is 15.8. The Bertz CT molecular complexity index is 1020. The molecule has 10 heteroatoms. The lowest BCUT2D eigenvalue weighted by Crippen LogP contribution is -2.37. The number of aromatic nitrogens is 2. The molecule has 0 aromatic carbocycles. The number of rotatable bonds is 3. The monoisotopic (exact) mass is 375 g/mol. The first-order valence-corrected chi connectivity index (χ1v) is 9.89. The van der Waals surface area contributed by atoms with Crippen LogP contribution in [0.1, 0.15) is 0 Å². The third-order valence-electron chi connectivity index (χ3n) is 3.69. The fourth-order valence-electron chi connectivity index (χ4n) is 2.47. The van der Waals surface area contributed by atoms with Gasteiger partial charge in [0.1, 0.15) is 5.84 Å². The van der Waals surface area contributed by atoms with Crippen LogP contribution in [0.2, 0.25) is 0 Å². The van der Waals surface area contributed by atoms with Gasteiger partial charge in [-0.1, -0.05) is 6.07 Å². The molecule has 4 rings (SSSR count). The van der Waals surface area contributed by atoms with Crippen molar-refractivity contribution >= 4 is 38.9 Å². The SMILES string of the molecule is O=C(Nc1cc(-c2cccs2)[nH]n1)C1=CN2CCS(=O)(=O)N=C2C=C1. The molecule has 0 bridgehead atoms. The minimum Gasteiger partial charge on any atom is -0.330 e. The largest absolute Gasteiger partial charge is 0.330 e. The Morgan fingerprint density at radius 3 is 3.04 bits per heavy atom. The number of H-pyrrole nitrogens is 1. The van der Waals surface area contributed by atoms with Crippen LogP contribution in [0.15, 0.2) is 51.9 Å². The molecule has 2 N–H and O–H groups in total. The number of hydrogen-bond donors (Lipinski definition) is 2. The van der Waals surface area contributed by atoms with Gasteiger partial charge in [0.25, 0.3) is 15.9 Å². The van der Waals surface area contributed by atoms with Gasteiger partial charge in [-0.3, -0.25) is 9.89 Å². The van der Waals surface area contributed by atoms with Gasteiger partial charge in [0.05, 0.1) is 21.9 Å². The van der Waals surface area contributed by atoms with E-state index >= 15 is 0 Å². The quantitative estimate of drug-likeness (QED) is 0.847. The van der Waals surface area contributed by atoms with E-state index in [1.54, 1.807) is 34.6 Å². The third kappa shape index (κ3) is 3.26. The Kier molecular flexibility index (Phi) is 3.77. The standard InChI is InChI=1S/C15H13N5O3S2/c21-15(16-13-8-11(17-18-13)12-2-1-6-24-12)10-3-4-14-19-25(22,23)7-5-20(14)9-10/h1-4,6,8-9H,5,7H2,(H2,16,17,18,21). The van der Waals surface area contributed by atoms with Crippen molar-refractivity contribution in [2.45, 2.75) is 0 Å². The van der Waals surface area contributed by atoms with Crippen LogP contribution in [0, 0.1) is 0 Å². The number of sulfonamides is 1. The molecule has 2 aliphatic rings. The molecule has 0 atom stereocenters. The van der Waals surface area contributed by atoms with E-state index in [0.29, 0.717) is 17.2 Å². The number of carbonyl (C=O) groups is 1. The van der Waals surface area contributed by atoms with Crippen LogP contribution >= 0.6 is 11.3 Å². The maximum atomic E-state index is 12.4. The zero-order valence-electron chi connectivity index (χ0n) is 12.8. The predicted octanol–water partition coefficient (Wildman–Crippen LogP) is 1.57. The third-order valence-corrected chi connectivity index (χ3v) is 5.76. The molecule has 0 aliphatic carbocycles. The van der Waals surface area contributed by atoms with E-state index in [1.807, 2.05) is 17.5 Å². The van der Waals surface area contributed by atoms with E-state index in [1.165, 1.54) is 6.08 Å². The number of thiophene rings is 1. The van der Waals surface area contributed by atoms with Gasteiger partial charge in [0.2, 0.25) is 0 Å². The summed E-state index contributed by atoms with van der Waals surface area (Å²) in [6, 6.07) is 5.66. The second-order valence-electron chi connectivity index (χ2n) is 5.44. The molecule has 0 saturated heterocycles. The predicted molar refractivity (Wildman–Crippen MR) is 95.7 cm³/mol. The lowest BCUT2D eigenvalue weighted by atomic mass is 10.2. The summed E-state index contributed by atoms with van der Waals surface area (Å²) in [6.07, 6.45) is 4.65. The highest BCUT2D eigenvalue weighted by Crippen LogP contribution is 2.24. The second-order valence-corrected chi connectivity index (χ2v) is 8.15. The highest BCUT2D eigenvalue weighted by molar-refractivity contribution is 7.90. The van der Waals surface area contributed by atoms with E-state index in [0.717, 1.165) is 10.6 Å². The Morgan fingerprint density at radius 1 is 1.36 bits per heavy atom. The molecule has 0 radical (unpaired) electrons. The Morgan fingerprint density at radius 2 is 2.24 bits per heavy atom. The number of nitrogens with zero attached hydrogens (tertiary/aromatic N) is 3. The van der Waals surface area contributed by atoms with E-state index in [-0.39, 0.29) is 18.2 Å². The van der Waals surface area contributed by atoms with E-state index in [9.17, 15) is 13.2 Å². The number of amidine groups is 1. The Hall–Kier alpha value is -2.72. The molecule has 0 saturated carbocycles. The molecule has 0 fully saturated rings. The van der Waals surface area contributed by atoms with Gasteiger partial charge < -0.3 is 10.2 Å². The molecular weight excluding hydrogens is 362 g/mol. The van der Waals surface area contributed by atoms with E-state index < -0.39 is 10.0 Å². The van der Waals surface area contributed by atoms with Crippen molar-refractivity contribution in [3.05, 3.63) is 47.5 Å². The van der Waals surface area contributed by atoms with Crippen molar-refractivity contribution in [3.63, 3.8) is 0 Å². The number of hydrogen-bond acceptors (Lipinski definition) is 6. The average Bonchev–Trinajstić information content (AvgIpc) is 3.24. The summed E-state index contributed by atoms with van der Waals surface area (Å²) in [7, 11) is -3.41. The molecule has 2 aromatic rings. The lowest BCUT2D eigenvalue weighted by Gasteiger charge is -2.26. The van der Waals surface area contributed by atoms with Crippen LogP contribution in [0.3, 0.4) is 0 Å². The molecule has 0 spiro atoms. The van der Waals surface area contributed by atoms with E-state index in [4.69, 9.17) is 0 Å². The fourth-order valence-corrected chi connectivity index (χ4v) is 4.13. The number of nitrogens with one attached hydrogen (secondary N) is 2. The zero-order chi connectivity index (χ0) is 17.4.